The van der Waals surface area contributed by atoms with Crippen molar-refractivity contribution in [1.82, 2.24) is 24.9 Å². The number of anilines is 2. The van der Waals surface area contributed by atoms with Gasteiger partial charge in [-0.2, -0.15) is 0 Å². The van der Waals surface area contributed by atoms with Gasteiger partial charge in [-0.15, -0.1) is 0 Å². The summed E-state index contributed by atoms with van der Waals surface area (Å²) in [5.74, 6) is 1.45. The van der Waals surface area contributed by atoms with Gasteiger partial charge in [0.05, 0.1) is 27.6 Å². The lowest BCUT2D eigenvalue weighted by Crippen LogP contribution is -2.24. The predicted molar refractivity (Wildman–Crippen MR) is 134 cm³/mol. The van der Waals surface area contributed by atoms with Crippen LogP contribution >= 0.6 is 11.8 Å². The van der Waals surface area contributed by atoms with Crippen molar-refractivity contribution in [2.75, 3.05) is 36.9 Å². The van der Waals surface area contributed by atoms with E-state index in [4.69, 9.17) is 15.7 Å². The third kappa shape index (κ3) is 3.53. The lowest BCUT2D eigenvalue weighted by atomic mass is 10.1. The molecule has 6 rings (SSSR count). The Bertz CT molecular complexity index is 1480. The molecular weight excluding hydrogens is 432 g/mol. The van der Waals surface area contributed by atoms with Gasteiger partial charge in [0.1, 0.15) is 11.5 Å². The van der Waals surface area contributed by atoms with Crippen LogP contribution in [-0.2, 0) is 0 Å². The summed E-state index contributed by atoms with van der Waals surface area (Å²) < 4.78 is 0. The topological polar surface area (TPSA) is 109 Å². The summed E-state index contributed by atoms with van der Waals surface area (Å²) >= 11 is 1.50. The van der Waals surface area contributed by atoms with E-state index in [0.717, 1.165) is 68.9 Å². The maximum atomic E-state index is 5.98. The molecule has 0 bridgehead atoms. The van der Waals surface area contributed by atoms with Gasteiger partial charge >= 0.3 is 0 Å². The minimum atomic E-state index is 0.486. The van der Waals surface area contributed by atoms with E-state index in [1.54, 1.807) is 6.20 Å². The van der Waals surface area contributed by atoms with Crippen LogP contribution in [0.2, 0.25) is 0 Å². The zero-order valence-electron chi connectivity index (χ0n) is 18.2. The molecular formula is C24H24N8S. The molecule has 1 fully saturated rings. The number of fused-ring (bicyclic) bond motifs is 4. The molecule has 1 aliphatic rings. The first-order valence-electron chi connectivity index (χ1n) is 11.1. The molecule has 1 saturated heterocycles. The van der Waals surface area contributed by atoms with E-state index in [0.29, 0.717) is 17.6 Å². The average molecular weight is 457 g/mol. The van der Waals surface area contributed by atoms with E-state index in [-0.39, 0.29) is 0 Å². The van der Waals surface area contributed by atoms with Crippen LogP contribution in [0.4, 0.5) is 11.5 Å². The first-order valence-corrected chi connectivity index (χ1v) is 11.9. The summed E-state index contributed by atoms with van der Waals surface area (Å²) in [4.78, 5) is 25.8. The second kappa shape index (κ2) is 8.17. The van der Waals surface area contributed by atoms with Crippen molar-refractivity contribution in [3.8, 4) is 0 Å². The van der Waals surface area contributed by atoms with Gasteiger partial charge in [0, 0.05) is 42.8 Å². The molecule has 0 radical (unpaired) electrons. The van der Waals surface area contributed by atoms with Gasteiger partial charge in [-0.25, -0.2) is 9.97 Å². The Morgan fingerprint density at radius 3 is 2.97 bits per heavy atom. The number of para-hydroxylation sites is 1. The van der Waals surface area contributed by atoms with Crippen LogP contribution in [0.3, 0.4) is 0 Å². The third-order valence-corrected chi connectivity index (χ3v) is 7.09. The standard InChI is InChI=1S/C24H24N8S/c1-26-18-5-2-4-16-20-22(29-21(16)18)30-24(31-23(20)32-9-7-14(11-25)13-32)33-15-10-19-17(28-12-15)6-3-8-27-19/h2-6,8,10,12,14,26H,7,9,11,13,25H2,1H3,(H,29,30,31). The third-order valence-electron chi connectivity index (χ3n) is 6.27. The largest absolute Gasteiger partial charge is 0.386 e. The SMILES string of the molecule is CNc1cccc2c1[nH]c1nc(Sc3cnc4cccnc4c3)nc(N3CCC(CN)C3)c12. The first-order chi connectivity index (χ1) is 16.2. The van der Waals surface area contributed by atoms with Crippen LogP contribution in [0, 0.1) is 5.92 Å². The molecule has 5 heterocycles. The molecule has 0 saturated carbocycles. The fourth-order valence-electron chi connectivity index (χ4n) is 4.58. The number of aromatic nitrogens is 5. The number of aromatic amines is 1. The number of pyridine rings is 2. The van der Waals surface area contributed by atoms with Crippen LogP contribution < -0.4 is 16.0 Å². The van der Waals surface area contributed by atoms with Crippen molar-refractivity contribution < 1.29 is 0 Å². The quantitative estimate of drug-likeness (QED) is 0.340. The van der Waals surface area contributed by atoms with Crippen LogP contribution in [0.1, 0.15) is 6.42 Å². The van der Waals surface area contributed by atoms with Gasteiger partial charge in [0.25, 0.3) is 0 Å². The van der Waals surface area contributed by atoms with E-state index >= 15 is 0 Å². The number of hydrogen-bond donors (Lipinski definition) is 3. The van der Waals surface area contributed by atoms with Gasteiger partial charge < -0.3 is 20.9 Å². The molecule has 4 N–H and O–H groups in total. The number of nitrogens with one attached hydrogen (secondary N) is 2. The zero-order valence-corrected chi connectivity index (χ0v) is 19.1. The van der Waals surface area contributed by atoms with Gasteiger partial charge in [-0.05, 0) is 54.9 Å². The second-order valence-corrected chi connectivity index (χ2v) is 9.35. The van der Waals surface area contributed by atoms with Gasteiger partial charge in [-0.3, -0.25) is 9.97 Å². The van der Waals surface area contributed by atoms with Crippen molar-refractivity contribution in [1.29, 1.82) is 0 Å². The highest BCUT2D eigenvalue weighted by Gasteiger charge is 2.26. The molecule has 9 heteroatoms. The fourth-order valence-corrected chi connectivity index (χ4v) is 5.33. The van der Waals surface area contributed by atoms with Crippen molar-refractivity contribution in [3.05, 3.63) is 48.8 Å². The van der Waals surface area contributed by atoms with Gasteiger partial charge in [-0.1, -0.05) is 12.1 Å². The van der Waals surface area contributed by atoms with E-state index < -0.39 is 0 Å². The Morgan fingerprint density at radius 2 is 2.12 bits per heavy atom. The molecule has 8 nitrogen and oxygen atoms in total. The number of rotatable bonds is 5. The highest BCUT2D eigenvalue weighted by molar-refractivity contribution is 7.99. The van der Waals surface area contributed by atoms with Crippen molar-refractivity contribution >= 4 is 56.2 Å². The first kappa shape index (κ1) is 20.2. The molecule has 0 spiro atoms. The zero-order chi connectivity index (χ0) is 22.4. The maximum Gasteiger partial charge on any atom is 0.196 e. The summed E-state index contributed by atoms with van der Waals surface area (Å²) in [5.41, 5.74) is 10.6. The minimum absolute atomic E-state index is 0.486. The predicted octanol–water partition coefficient (Wildman–Crippen LogP) is 4.03. The molecule has 1 aliphatic heterocycles. The summed E-state index contributed by atoms with van der Waals surface area (Å²) in [6.07, 6.45) is 4.71. The summed E-state index contributed by atoms with van der Waals surface area (Å²) in [6, 6.07) is 12.1. The average Bonchev–Trinajstić information content (AvgIpc) is 3.48. The molecule has 166 valence electrons. The lowest BCUT2D eigenvalue weighted by Gasteiger charge is -2.19. The van der Waals surface area contributed by atoms with Gasteiger partial charge in [0.15, 0.2) is 5.16 Å². The van der Waals surface area contributed by atoms with E-state index in [1.807, 2.05) is 31.4 Å². The molecule has 0 amide bonds. The Balaban J connectivity index is 1.50. The molecule has 1 aromatic carbocycles. The molecule has 33 heavy (non-hydrogen) atoms. The number of nitrogens with zero attached hydrogens (tertiary/aromatic N) is 5. The highest BCUT2D eigenvalue weighted by Crippen LogP contribution is 2.38. The Hall–Kier alpha value is -3.43. The second-order valence-electron chi connectivity index (χ2n) is 8.31. The molecule has 1 atom stereocenters. The van der Waals surface area contributed by atoms with Crippen LogP contribution in [0.5, 0.6) is 0 Å². The van der Waals surface area contributed by atoms with Crippen LogP contribution in [0.15, 0.2) is 58.8 Å². The summed E-state index contributed by atoms with van der Waals surface area (Å²) in [5, 5.41) is 6.14. The lowest BCUT2D eigenvalue weighted by molar-refractivity contribution is 0.602. The van der Waals surface area contributed by atoms with Crippen molar-refractivity contribution in [2.45, 2.75) is 16.5 Å². The van der Waals surface area contributed by atoms with Crippen molar-refractivity contribution in [2.24, 2.45) is 11.7 Å². The van der Waals surface area contributed by atoms with Crippen LogP contribution in [0.25, 0.3) is 33.0 Å². The molecule has 5 aromatic rings. The maximum absolute atomic E-state index is 5.98. The minimum Gasteiger partial charge on any atom is -0.386 e. The monoisotopic (exact) mass is 456 g/mol. The highest BCUT2D eigenvalue weighted by atomic mass is 32.2. The van der Waals surface area contributed by atoms with Gasteiger partial charge in [0.2, 0.25) is 0 Å². The van der Waals surface area contributed by atoms with E-state index in [1.165, 1.54) is 11.8 Å². The number of nitrogens with two attached hydrogens (primary N) is 1. The molecule has 0 aliphatic carbocycles. The van der Waals surface area contributed by atoms with Crippen LogP contribution in [-0.4, -0.2) is 51.6 Å². The number of hydrogen-bond acceptors (Lipinski definition) is 8. The van der Waals surface area contributed by atoms with E-state index in [2.05, 4.69) is 43.4 Å². The normalized spacial score (nSPS) is 16.3. The Morgan fingerprint density at radius 1 is 1.18 bits per heavy atom. The summed E-state index contributed by atoms with van der Waals surface area (Å²) in [6.45, 7) is 2.55. The van der Waals surface area contributed by atoms with Crippen molar-refractivity contribution in [3.63, 3.8) is 0 Å². The smallest absolute Gasteiger partial charge is 0.196 e. The molecule has 4 aromatic heterocycles. The fraction of sp³-hybridized carbons (Fsp3) is 0.250. The Kier molecular flexibility index (Phi) is 5.00. The summed E-state index contributed by atoms with van der Waals surface area (Å²) in [7, 11) is 1.93. The Labute approximate surface area is 195 Å². The number of benzene rings is 1. The molecule has 1 unspecified atom stereocenters. The van der Waals surface area contributed by atoms with E-state index in [9.17, 15) is 0 Å². The number of H-pyrrole nitrogens is 1.